The number of aliphatic hydroxyl groups excluding tert-OH is 1. The van der Waals surface area contributed by atoms with Crippen LogP contribution in [0.25, 0.3) is 0 Å². The second-order valence-electron chi connectivity index (χ2n) is 1.59. The molecular weight excluding hydrogens is 88.1 g/mol. The van der Waals surface area contributed by atoms with Crippen molar-refractivity contribution in [2.24, 2.45) is 0 Å². The van der Waals surface area contributed by atoms with Gasteiger partial charge in [0, 0.05) is 6.42 Å². The lowest BCUT2D eigenvalue weighted by molar-refractivity contribution is 0.186. The van der Waals surface area contributed by atoms with Gasteiger partial charge in [0.1, 0.15) is 0 Å². The van der Waals surface area contributed by atoms with Crippen molar-refractivity contribution < 1.29 is 5.11 Å². The van der Waals surface area contributed by atoms with Crippen molar-refractivity contribution in [2.45, 2.75) is 25.9 Å². The molecule has 0 radical (unpaired) electrons. The van der Waals surface area contributed by atoms with E-state index >= 15 is 0 Å². The number of rotatable bonds is 2. The van der Waals surface area contributed by atoms with Gasteiger partial charge in [0.25, 0.3) is 0 Å². The molecule has 0 aromatic heterocycles. The predicted molar refractivity (Wildman–Crippen MR) is 29.7 cm³/mol. The maximum atomic E-state index is 8.59. The normalized spacial score (nSPS) is 12.7. The van der Waals surface area contributed by atoms with E-state index in [9.17, 15) is 0 Å². The maximum Gasteiger partial charge on any atom is 0.0521 e. The zero-order valence-electron chi connectivity index (χ0n) is 4.52. The maximum absolute atomic E-state index is 8.59. The summed E-state index contributed by atoms with van der Waals surface area (Å²) in [5, 5.41) is 8.59. The molecule has 40 valence electrons. The Morgan fingerprint density at radius 1 is 1.86 bits per heavy atom. The van der Waals surface area contributed by atoms with E-state index < -0.39 is 0 Å². The Morgan fingerprint density at radius 3 is 2.57 bits per heavy atom. The fourth-order valence-electron chi connectivity index (χ4n) is 0.292. The van der Waals surface area contributed by atoms with Crippen molar-refractivity contribution >= 4 is 0 Å². The number of hydrogen-bond acceptors (Lipinski definition) is 1. The molecule has 0 aliphatic rings. The monoisotopic (exact) mass is 98.1 g/mol. The Morgan fingerprint density at radius 2 is 2.43 bits per heavy atom. The summed E-state index contributed by atoms with van der Waals surface area (Å²) in [6.07, 6.45) is 6.07. The molecule has 0 heterocycles. The van der Waals surface area contributed by atoms with E-state index in [1.807, 2.05) is 0 Å². The summed E-state index contributed by atoms with van der Waals surface area (Å²) in [6, 6.07) is 0. The van der Waals surface area contributed by atoms with Crippen LogP contribution in [0.1, 0.15) is 19.8 Å². The van der Waals surface area contributed by atoms with Crippen LogP contribution in [0.4, 0.5) is 0 Å². The van der Waals surface area contributed by atoms with Gasteiger partial charge in [0.05, 0.1) is 6.10 Å². The fourth-order valence-corrected chi connectivity index (χ4v) is 0.292. The molecule has 1 N–H and O–H groups in total. The lowest BCUT2D eigenvalue weighted by Crippen LogP contribution is -1.96. The zero-order valence-corrected chi connectivity index (χ0v) is 4.52. The number of hydrogen-bond donors (Lipinski definition) is 1. The Hall–Kier alpha value is -0.480. The average Bonchev–Trinajstić information content (AvgIpc) is 1.61. The first kappa shape index (κ1) is 6.52. The van der Waals surface area contributed by atoms with E-state index in [1.54, 1.807) is 6.92 Å². The molecule has 1 nitrogen and oxygen atoms in total. The molecule has 0 saturated carbocycles. The van der Waals surface area contributed by atoms with Crippen molar-refractivity contribution in [1.82, 2.24) is 0 Å². The highest BCUT2D eigenvalue weighted by Crippen LogP contribution is 1.91. The van der Waals surface area contributed by atoms with Crippen molar-refractivity contribution in [1.29, 1.82) is 0 Å². The standard InChI is InChI=1S/C6H10O/c1-3-4-5-6(2)7/h1,6-7H,4-5H2,2H3/t6-/m1/s1. The largest absolute Gasteiger partial charge is 0.393 e. The molecule has 1 heteroatoms. The summed E-state index contributed by atoms with van der Waals surface area (Å²) in [7, 11) is 0. The number of aliphatic hydroxyl groups is 1. The topological polar surface area (TPSA) is 20.2 Å². The third kappa shape index (κ3) is 5.52. The molecule has 1 atom stereocenters. The third-order valence-electron chi connectivity index (χ3n) is 0.706. The summed E-state index contributed by atoms with van der Waals surface area (Å²) in [6.45, 7) is 1.73. The van der Waals surface area contributed by atoms with Crippen molar-refractivity contribution in [3.05, 3.63) is 0 Å². The highest BCUT2D eigenvalue weighted by Gasteiger charge is 1.89. The molecule has 7 heavy (non-hydrogen) atoms. The smallest absolute Gasteiger partial charge is 0.0521 e. The van der Waals surface area contributed by atoms with Gasteiger partial charge in [-0.05, 0) is 13.3 Å². The van der Waals surface area contributed by atoms with Gasteiger partial charge < -0.3 is 5.11 Å². The van der Waals surface area contributed by atoms with Crippen LogP contribution in [-0.4, -0.2) is 11.2 Å². The van der Waals surface area contributed by atoms with Gasteiger partial charge >= 0.3 is 0 Å². The second kappa shape index (κ2) is 3.70. The first-order valence-corrected chi connectivity index (χ1v) is 2.39. The van der Waals surface area contributed by atoms with Gasteiger partial charge in [-0.1, -0.05) is 0 Å². The highest BCUT2D eigenvalue weighted by atomic mass is 16.3. The van der Waals surface area contributed by atoms with Gasteiger partial charge in [0.15, 0.2) is 0 Å². The van der Waals surface area contributed by atoms with Gasteiger partial charge in [0.2, 0.25) is 0 Å². The van der Waals surface area contributed by atoms with E-state index in [4.69, 9.17) is 11.5 Å². The van der Waals surface area contributed by atoms with E-state index in [0.29, 0.717) is 6.42 Å². The molecule has 0 spiro atoms. The molecule has 0 bridgehead atoms. The summed E-state index contributed by atoms with van der Waals surface area (Å²) >= 11 is 0. The second-order valence-corrected chi connectivity index (χ2v) is 1.59. The molecule has 0 aromatic carbocycles. The van der Waals surface area contributed by atoms with Crippen LogP contribution in [0.15, 0.2) is 0 Å². The minimum atomic E-state index is -0.240. The molecule has 0 saturated heterocycles. The Bertz CT molecular complexity index is 68.7. The van der Waals surface area contributed by atoms with Crippen LogP contribution in [-0.2, 0) is 0 Å². The van der Waals surface area contributed by atoms with Gasteiger partial charge in [-0.3, -0.25) is 0 Å². The summed E-state index contributed by atoms with van der Waals surface area (Å²) in [5.74, 6) is 2.44. The average molecular weight is 98.1 g/mol. The lowest BCUT2D eigenvalue weighted by atomic mass is 10.2. The first-order chi connectivity index (χ1) is 3.27. The molecule has 0 aliphatic heterocycles. The van der Waals surface area contributed by atoms with Crippen LogP contribution in [0, 0.1) is 12.3 Å². The Kier molecular flexibility index (Phi) is 3.45. The SMILES string of the molecule is C#CCC[C@@H](C)O. The van der Waals surface area contributed by atoms with E-state index in [2.05, 4.69) is 5.92 Å². The molecule has 0 fully saturated rings. The van der Waals surface area contributed by atoms with Crippen molar-refractivity contribution in [3.63, 3.8) is 0 Å². The highest BCUT2D eigenvalue weighted by molar-refractivity contribution is 4.83. The molecule has 0 amide bonds. The third-order valence-corrected chi connectivity index (χ3v) is 0.706. The van der Waals surface area contributed by atoms with Crippen molar-refractivity contribution in [3.8, 4) is 12.3 Å². The van der Waals surface area contributed by atoms with Gasteiger partial charge in [-0.2, -0.15) is 0 Å². The predicted octanol–water partition coefficient (Wildman–Crippen LogP) is 0.781. The van der Waals surface area contributed by atoms with Gasteiger partial charge in [-0.15, -0.1) is 12.3 Å². The summed E-state index contributed by atoms with van der Waals surface area (Å²) in [5.41, 5.74) is 0. The van der Waals surface area contributed by atoms with Crippen LogP contribution in [0.3, 0.4) is 0 Å². The fraction of sp³-hybridized carbons (Fsp3) is 0.667. The molecule has 0 unspecified atom stereocenters. The lowest BCUT2D eigenvalue weighted by Gasteiger charge is -1.95. The molecular formula is C6H10O. The van der Waals surface area contributed by atoms with Gasteiger partial charge in [-0.25, -0.2) is 0 Å². The van der Waals surface area contributed by atoms with Crippen LogP contribution < -0.4 is 0 Å². The zero-order chi connectivity index (χ0) is 5.70. The van der Waals surface area contributed by atoms with Crippen LogP contribution in [0.5, 0.6) is 0 Å². The summed E-state index contributed by atoms with van der Waals surface area (Å²) in [4.78, 5) is 0. The molecule has 0 aromatic rings. The quantitative estimate of drug-likeness (QED) is 0.506. The number of terminal acetylenes is 1. The van der Waals surface area contributed by atoms with Crippen LogP contribution >= 0.6 is 0 Å². The summed E-state index contributed by atoms with van der Waals surface area (Å²) < 4.78 is 0. The Labute approximate surface area is 44.4 Å². The van der Waals surface area contributed by atoms with E-state index in [0.717, 1.165) is 6.42 Å². The molecule has 0 aliphatic carbocycles. The first-order valence-electron chi connectivity index (χ1n) is 2.39. The van der Waals surface area contributed by atoms with Crippen LogP contribution in [0.2, 0.25) is 0 Å². The van der Waals surface area contributed by atoms with E-state index in [-0.39, 0.29) is 6.10 Å². The van der Waals surface area contributed by atoms with E-state index in [1.165, 1.54) is 0 Å². The minimum Gasteiger partial charge on any atom is -0.393 e. The molecule has 0 rings (SSSR count). The Balaban J connectivity index is 2.86. The minimum absolute atomic E-state index is 0.240. The van der Waals surface area contributed by atoms with Crippen molar-refractivity contribution in [2.75, 3.05) is 0 Å².